The van der Waals surface area contributed by atoms with Crippen molar-refractivity contribution in [3.63, 3.8) is 0 Å². The Hall–Kier alpha value is -1.37. The van der Waals surface area contributed by atoms with Crippen LogP contribution in [0.15, 0.2) is 41.6 Å². The van der Waals surface area contributed by atoms with E-state index >= 15 is 0 Å². The molecular weight excluding hydrogens is 298 g/mol. The topological polar surface area (TPSA) is 66.1 Å². The van der Waals surface area contributed by atoms with Crippen LogP contribution in [-0.2, 0) is 22.4 Å². The van der Waals surface area contributed by atoms with Crippen molar-refractivity contribution in [2.24, 2.45) is 0 Å². The van der Waals surface area contributed by atoms with E-state index in [0.29, 0.717) is 18.7 Å². The minimum absolute atomic E-state index is 0.0743. The molecule has 7 heteroatoms. The van der Waals surface area contributed by atoms with Crippen molar-refractivity contribution >= 4 is 21.6 Å². The van der Waals surface area contributed by atoms with Gasteiger partial charge < -0.3 is 0 Å². The minimum atomic E-state index is -3.62. The summed E-state index contributed by atoms with van der Waals surface area (Å²) in [6.07, 6.45) is 1.44. The van der Waals surface area contributed by atoms with Crippen LogP contribution >= 0.6 is 11.6 Å². The Labute approximate surface area is 123 Å². The van der Waals surface area contributed by atoms with Gasteiger partial charge in [0.2, 0.25) is 0 Å². The minimum Gasteiger partial charge on any atom is -0.266 e. The molecule has 0 amide bonds. The third-order valence-corrected chi connectivity index (χ3v) is 5.20. The van der Waals surface area contributed by atoms with E-state index in [1.807, 2.05) is 30.3 Å². The van der Waals surface area contributed by atoms with Gasteiger partial charge in [0.05, 0.1) is 12.1 Å². The van der Waals surface area contributed by atoms with Crippen molar-refractivity contribution in [2.75, 3.05) is 6.54 Å². The summed E-state index contributed by atoms with van der Waals surface area (Å²) >= 11 is 5.74. The van der Waals surface area contributed by atoms with E-state index in [9.17, 15) is 8.42 Å². The summed E-state index contributed by atoms with van der Waals surface area (Å²) in [5, 5.41) is 6.38. The first-order valence-corrected chi connectivity index (χ1v) is 8.19. The van der Waals surface area contributed by atoms with E-state index in [1.165, 1.54) is 10.5 Å². The van der Waals surface area contributed by atoms with Gasteiger partial charge in [-0.1, -0.05) is 37.3 Å². The zero-order chi connectivity index (χ0) is 14.6. The maximum atomic E-state index is 12.6. The number of sulfonamides is 1. The molecule has 2 rings (SSSR count). The van der Waals surface area contributed by atoms with Crippen LogP contribution in [0.25, 0.3) is 0 Å². The number of H-pyrrole nitrogens is 1. The van der Waals surface area contributed by atoms with Crippen LogP contribution in [0.2, 0.25) is 0 Å². The van der Waals surface area contributed by atoms with Gasteiger partial charge in [-0.05, 0) is 5.56 Å². The largest absolute Gasteiger partial charge is 0.266 e. The molecule has 0 radical (unpaired) electrons. The summed E-state index contributed by atoms with van der Waals surface area (Å²) in [7, 11) is -3.62. The fraction of sp³-hybridized carbons (Fsp3) is 0.308. The molecule has 0 unspecified atom stereocenters. The SMILES string of the molecule is CCN(Cc1ccccc1)S(=O)(=O)c1[nH]ncc1CCl. The van der Waals surface area contributed by atoms with Crippen molar-refractivity contribution in [3.05, 3.63) is 47.7 Å². The number of nitrogens with zero attached hydrogens (tertiary/aromatic N) is 2. The fourth-order valence-corrected chi connectivity index (χ4v) is 3.72. The highest BCUT2D eigenvalue weighted by atomic mass is 35.5. The van der Waals surface area contributed by atoms with E-state index < -0.39 is 10.0 Å². The predicted molar refractivity (Wildman–Crippen MR) is 77.9 cm³/mol. The Balaban J connectivity index is 2.31. The second kappa shape index (κ2) is 6.39. The zero-order valence-electron chi connectivity index (χ0n) is 11.1. The predicted octanol–water partition coefficient (Wildman–Crippen LogP) is 2.36. The van der Waals surface area contributed by atoms with Crippen LogP contribution in [0.3, 0.4) is 0 Å². The summed E-state index contributed by atoms with van der Waals surface area (Å²) in [5.74, 6) is 0.105. The molecule has 0 bridgehead atoms. The van der Waals surface area contributed by atoms with Gasteiger partial charge >= 0.3 is 0 Å². The second-order valence-corrected chi connectivity index (χ2v) is 6.42. The maximum Gasteiger partial charge on any atom is 0.260 e. The monoisotopic (exact) mass is 313 g/mol. The van der Waals surface area contributed by atoms with Crippen molar-refractivity contribution in [3.8, 4) is 0 Å². The van der Waals surface area contributed by atoms with Gasteiger partial charge in [-0.15, -0.1) is 11.6 Å². The van der Waals surface area contributed by atoms with Crippen LogP contribution in [0.1, 0.15) is 18.1 Å². The number of nitrogens with one attached hydrogen (secondary N) is 1. The van der Waals surface area contributed by atoms with Gasteiger partial charge in [0.1, 0.15) is 0 Å². The van der Waals surface area contributed by atoms with Crippen molar-refractivity contribution in [1.82, 2.24) is 14.5 Å². The number of hydrogen-bond acceptors (Lipinski definition) is 3. The van der Waals surface area contributed by atoms with Crippen LogP contribution in [-0.4, -0.2) is 29.5 Å². The number of alkyl halides is 1. The summed E-state index contributed by atoms with van der Waals surface area (Å²) in [5.41, 5.74) is 1.42. The van der Waals surface area contributed by atoms with Crippen LogP contribution in [0.5, 0.6) is 0 Å². The molecule has 0 saturated heterocycles. The Morgan fingerprint density at radius 3 is 2.60 bits per heavy atom. The van der Waals surface area contributed by atoms with E-state index in [-0.39, 0.29) is 10.9 Å². The number of rotatable bonds is 6. The molecule has 1 N–H and O–H groups in total. The molecule has 2 aromatic rings. The number of halogens is 1. The third kappa shape index (κ3) is 3.03. The van der Waals surface area contributed by atoms with Gasteiger partial charge in [0.25, 0.3) is 10.0 Å². The number of aromatic amines is 1. The molecule has 5 nitrogen and oxygen atoms in total. The molecule has 0 spiro atoms. The van der Waals surface area contributed by atoms with Crippen LogP contribution in [0.4, 0.5) is 0 Å². The molecule has 1 heterocycles. The average Bonchev–Trinajstić information content (AvgIpc) is 2.95. The molecule has 0 saturated carbocycles. The smallest absolute Gasteiger partial charge is 0.260 e. The quantitative estimate of drug-likeness (QED) is 0.833. The Kier molecular flexibility index (Phi) is 4.80. The third-order valence-electron chi connectivity index (χ3n) is 2.97. The average molecular weight is 314 g/mol. The maximum absolute atomic E-state index is 12.6. The van der Waals surface area contributed by atoms with Gasteiger partial charge in [-0.2, -0.15) is 9.40 Å². The Morgan fingerprint density at radius 2 is 2.00 bits per heavy atom. The lowest BCUT2D eigenvalue weighted by Crippen LogP contribution is -2.31. The van der Waals surface area contributed by atoms with Crippen LogP contribution < -0.4 is 0 Å². The molecule has 0 atom stereocenters. The van der Waals surface area contributed by atoms with Crippen molar-refractivity contribution < 1.29 is 8.42 Å². The van der Waals surface area contributed by atoms with Gasteiger partial charge in [-0.25, -0.2) is 8.42 Å². The number of benzene rings is 1. The van der Waals surface area contributed by atoms with Gasteiger partial charge in [0, 0.05) is 18.7 Å². The van der Waals surface area contributed by atoms with Gasteiger partial charge in [-0.3, -0.25) is 5.10 Å². The number of aromatic nitrogens is 2. The normalized spacial score (nSPS) is 11.9. The van der Waals surface area contributed by atoms with Crippen molar-refractivity contribution in [1.29, 1.82) is 0 Å². The summed E-state index contributed by atoms with van der Waals surface area (Å²) < 4.78 is 26.6. The van der Waals surface area contributed by atoms with E-state index in [1.54, 1.807) is 6.92 Å². The lowest BCUT2D eigenvalue weighted by atomic mass is 10.2. The molecule has 20 heavy (non-hydrogen) atoms. The van der Waals surface area contributed by atoms with Crippen molar-refractivity contribution in [2.45, 2.75) is 24.4 Å². The Morgan fingerprint density at radius 1 is 1.30 bits per heavy atom. The lowest BCUT2D eigenvalue weighted by molar-refractivity contribution is 0.420. The highest BCUT2D eigenvalue weighted by Crippen LogP contribution is 2.20. The molecule has 1 aromatic heterocycles. The molecule has 0 fully saturated rings. The first-order chi connectivity index (χ1) is 9.59. The summed E-state index contributed by atoms with van der Waals surface area (Å²) in [4.78, 5) is 0. The standard InChI is InChI=1S/C13H16ClN3O2S/c1-2-17(10-11-6-4-3-5-7-11)20(18,19)13-12(8-14)9-15-16-13/h3-7,9H,2,8,10H2,1H3,(H,15,16). The summed E-state index contributed by atoms with van der Waals surface area (Å²) in [6.45, 7) is 2.50. The van der Waals surface area contributed by atoms with E-state index in [2.05, 4.69) is 10.2 Å². The second-order valence-electron chi connectivity index (χ2n) is 4.27. The molecule has 0 aliphatic heterocycles. The number of hydrogen-bond donors (Lipinski definition) is 1. The van der Waals surface area contributed by atoms with E-state index in [0.717, 1.165) is 5.56 Å². The molecule has 0 aliphatic rings. The zero-order valence-corrected chi connectivity index (χ0v) is 12.7. The lowest BCUT2D eigenvalue weighted by Gasteiger charge is -2.20. The molecule has 0 aliphatic carbocycles. The first kappa shape index (κ1) is 15.0. The fourth-order valence-electron chi connectivity index (χ4n) is 1.90. The molecule has 108 valence electrons. The highest BCUT2D eigenvalue weighted by Gasteiger charge is 2.27. The van der Waals surface area contributed by atoms with Crippen LogP contribution in [0, 0.1) is 0 Å². The first-order valence-electron chi connectivity index (χ1n) is 6.22. The molecule has 1 aromatic carbocycles. The van der Waals surface area contributed by atoms with E-state index in [4.69, 9.17) is 11.6 Å². The summed E-state index contributed by atoms with van der Waals surface area (Å²) in [6, 6.07) is 9.46. The Bertz CT molecular complexity index is 655. The van der Waals surface area contributed by atoms with Gasteiger partial charge in [0.15, 0.2) is 5.03 Å². The highest BCUT2D eigenvalue weighted by molar-refractivity contribution is 7.89. The molecular formula is C13H16ClN3O2S.